The van der Waals surface area contributed by atoms with Crippen molar-refractivity contribution in [2.24, 2.45) is 0 Å². The second kappa shape index (κ2) is 3.87. The number of thioether (sulfide) groups is 1. The van der Waals surface area contributed by atoms with E-state index in [1.54, 1.807) is 12.1 Å². The molecule has 80 valence electrons. The molecule has 1 atom stereocenters. The number of nitrogens with zero attached hydrogens (tertiary/aromatic N) is 1. The molecule has 15 heavy (non-hydrogen) atoms. The Morgan fingerprint density at radius 2 is 2.20 bits per heavy atom. The summed E-state index contributed by atoms with van der Waals surface area (Å²) in [5, 5.41) is 9.57. The Morgan fingerprint density at radius 1 is 1.47 bits per heavy atom. The van der Waals surface area contributed by atoms with Crippen molar-refractivity contribution in [3.63, 3.8) is 0 Å². The molecule has 0 spiro atoms. The number of carbonyl (C=O) groups is 1. The smallest absolute Gasteiger partial charge is 0.220 e. The van der Waals surface area contributed by atoms with Gasteiger partial charge in [-0.3, -0.25) is 4.79 Å². The SMILES string of the molecule is CN(C)C[C@@H]1SC(=O)c2cc(O)ccc21. The lowest BCUT2D eigenvalue weighted by Gasteiger charge is -2.15. The quantitative estimate of drug-likeness (QED) is 0.831. The van der Waals surface area contributed by atoms with Crippen molar-refractivity contribution in [2.75, 3.05) is 20.6 Å². The van der Waals surface area contributed by atoms with Gasteiger partial charge in [-0.1, -0.05) is 17.8 Å². The average molecular weight is 223 g/mol. The van der Waals surface area contributed by atoms with Crippen LogP contribution in [0.5, 0.6) is 5.75 Å². The van der Waals surface area contributed by atoms with Crippen molar-refractivity contribution >= 4 is 16.9 Å². The van der Waals surface area contributed by atoms with E-state index in [1.165, 1.54) is 11.8 Å². The predicted molar refractivity (Wildman–Crippen MR) is 61.3 cm³/mol. The van der Waals surface area contributed by atoms with Crippen LogP contribution in [0, 0.1) is 0 Å². The molecule has 0 fully saturated rings. The summed E-state index contributed by atoms with van der Waals surface area (Å²) in [7, 11) is 3.98. The zero-order valence-electron chi connectivity index (χ0n) is 8.73. The number of hydrogen-bond donors (Lipinski definition) is 1. The topological polar surface area (TPSA) is 40.5 Å². The van der Waals surface area contributed by atoms with Crippen LogP contribution >= 0.6 is 11.8 Å². The van der Waals surface area contributed by atoms with Gasteiger partial charge in [0.05, 0.1) is 5.25 Å². The maximum Gasteiger partial charge on any atom is 0.220 e. The van der Waals surface area contributed by atoms with E-state index in [4.69, 9.17) is 0 Å². The van der Waals surface area contributed by atoms with Gasteiger partial charge < -0.3 is 10.0 Å². The average Bonchev–Trinajstić information content (AvgIpc) is 2.42. The molecule has 0 bridgehead atoms. The molecule has 1 aliphatic heterocycles. The zero-order valence-corrected chi connectivity index (χ0v) is 9.54. The number of carbonyl (C=O) groups excluding carboxylic acids is 1. The molecule has 0 aromatic heterocycles. The third-order valence-electron chi connectivity index (χ3n) is 2.38. The van der Waals surface area contributed by atoms with Gasteiger partial charge in [0.25, 0.3) is 0 Å². The Bertz CT molecular complexity index is 404. The molecule has 0 amide bonds. The highest BCUT2D eigenvalue weighted by atomic mass is 32.2. The van der Waals surface area contributed by atoms with Gasteiger partial charge in [-0.15, -0.1) is 0 Å². The first kappa shape index (κ1) is 10.5. The van der Waals surface area contributed by atoms with Crippen LogP contribution in [0.2, 0.25) is 0 Å². The second-order valence-corrected chi connectivity index (χ2v) is 5.10. The van der Waals surface area contributed by atoms with Gasteiger partial charge in [0.1, 0.15) is 5.75 Å². The summed E-state index contributed by atoms with van der Waals surface area (Å²) in [6.45, 7) is 0.841. The molecule has 1 heterocycles. The van der Waals surface area contributed by atoms with E-state index in [1.807, 2.05) is 20.2 Å². The molecule has 0 saturated carbocycles. The van der Waals surface area contributed by atoms with E-state index >= 15 is 0 Å². The summed E-state index contributed by atoms with van der Waals surface area (Å²) in [5.74, 6) is 0.160. The van der Waals surface area contributed by atoms with Crippen LogP contribution in [0.15, 0.2) is 18.2 Å². The Morgan fingerprint density at radius 3 is 2.87 bits per heavy atom. The summed E-state index contributed by atoms with van der Waals surface area (Å²) in [6, 6.07) is 5.04. The van der Waals surface area contributed by atoms with Crippen LogP contribution in [0.1, 0.15) is 21.2 Å². The summed E-state index contributed by atoms with van der Waals surface area (Å²) >= 11 is 1.34. The number of phenolic OH excluding ortho intramolecular Hbond substituents is 1. The summed E-state index contributed by atoms with van der Waals surface area (Å²) in [6.07, 6.45) is 0. The second-order valence-electron chi connectivity index (χ2n) is 3.93. The lowest BCUT2D eigenvalue weighted by atomic mass is 10.1. The third kappa shape index (κ3) is 2.01. The Labute approximate surface area is 93.1 Å². The monoisotopic (exact) mass is 223 g/mol. The van der Waals surface area contributed by atoms with Gasteiger partial charge in [0.2, 0.25) is 5.12 Å². The van der Waals surface area contributed by atoms with E-state index in [-0.39, 0.29) is 16.1 Å². The minimum absolute atomic E-state index is 0.0627. The van der Waals surface area contributed by atoms with Crippen molar-refractivity contribution in [3.8, 4) is 5.75 Å². The third-order valence-corrected chi connectivity index (χ3v) is 3.51. The number of aromatic hydroxyl groups is 1. The van der Waals surface area contributed by atoms with Gasteiger partial charge in [0, 0.05) is 12.1 Å². The fourth-order valence-electron chi connectivity index (χ4n) is 1.73. The first-order chi connectivity index (χ1) is 7.08. The fraction of sp³-hybridized carbons (Fsp3) is 0.364. The number of likely N-dealkylation sites (N-methyl/N-ethyl adjacent to an activating group) is 1. The van der Waals surface area contributed by atoms with Crippen LogP contribution in [-0.4, -0.2) is 35.8 Å². The molecule has 0 unspecified atom stereocenters. The van der Waals surface area contributed by atoms with Crippen LogP contribution in [0.4, 0.5) is 0 Å². The van der Waals surface area contributed by atoms with Gasteiger partial charge in [-0.2, -0.15) is 0 Å². The highest BCUT2D eigenvalue weighted by Gasteiger charge is 2.30. The number of benzene rings is 1. The molecule has 1 aromatic rings. The first-order valence-corrected chi connectivity index (χ1v) is 5.64. The minimum Gasteiger partial charge on any atom is -0.508 e. The van der Waals surface area contributed by atoms with Gasteiger partial charge in [0.15, 0.2) is 0 Å². The Kier molecular flexibility index (Phi) is 2.71. The Balaban J connectivity index is 2.34. The molecular formula is C11H13NO2S. The fourth-order valence-corrected chi connectivity index (χ4v) is 2.99. The largest absolute Gasteiger partial charge is 0.508 e. The van der Waals surface area contributed by atoms with Gasteiger partial charge in [-0.05, 0) is 31.8 Å². The van der Waals surface area contributed by atoms with Crippen LogP contribution in [-0.2, 0) is 0 Å². The van der Waals surface area contributed by atoms with E-state index in [0.29, 0.717) is 5.56 Å². The minimum atomic E-state index is 0.0627. The number of rotatable bonds is 2. The normalized spacial score (nSPS) is 19.7. The van der Waals surface area contributed by atoms with E-state index < -0.39 is 0 Å². The number of phenols is 1. The number of fused-ring (bicyclic) bond motifs is 1. The lowest BCUT2D eigenvalue weighted by Crippen LogP contribution is -2.17. The predicted octanol–water partition coefficient (Wildman–Crippen LogP) is 1.88. The molecule has 3 nitrogen and oxygen atoms in total. The molecule has 1 aromatic carbocycles. The van der Waals surface area contributed by atoms with Crippen molar-refractivity contribution in [1.29, 1.82) is 0 Å². The molecule has 0 radical (unpaired) electrons. The van der Waals surface area contributed by atoms with Crippen molar-refractivity contribution in [1.82, 2.24) is 4.90 Å². The van der Waals surface area contributed by atoms with Crippen LogP contribution in [0.25, 0.3) is 0 Å². The molecule has 2 rings (SSSR count). The molecule has 0 saturated heterocycles. The van der Waals surface area contributed by atoms with Crippen molar-refractivity contribution < 1.29 is 9.90 Å². The maximum absolute atomic E-state index is 11.6. The summed E-state index contributed by atoms with van der Waals surface area (Å²) in [5.41, 5.74) is 1.70. The molecular weight excluding hydrogens is 210 g/mol. The highest BCUT2D eigenvalue weighted by molar-refractivity contribution is 8.14. The van der Waals surface area contributed by atoms with Crippen molar-refractivity contribution in [2.45, 2.75) is 5.25 Å². The molecule has 1 N–H and O–H groups in total. The highest BCUT2D eigenvalue weighted by Crippen LogP contribution is 2.42. The lowest BCUT2D eigenvalue weighted by molar-refractivity contribution is 0.109. The summed E-state index contributed by atoms with van der Waals surface area (Å²) in [4.78, 5) is 13.7. The summed E-state index contributed by atoms with van der Waals surface area (Å²) < 4.78 is 0. The van der Waals surface area contributed by atoms with Gasteiger partial charge in [-0.25, -0.2) is 0 Å². The Hall–Kier alpha value is -1.00. The maximum atomic E-state index is 11.6. The molecule has 1 aliphatic rings. The molecule has 0 aliphatic carbocycles. The zero-order chi connectivity index (χ0) is 11.0. The van der Waals surface area contributed by atoms with E-state index in [0.717, 1.165) is 12.1 Å². The molecule has 4 heteroatoms. The van der Waals surface area contributed by atoms with Crippen LogP contribution < -0.4 is 0 Å². The van der Waals surface area contributed by atoms with E-state index in [2.05, 4.69) is 4.90 Å². The first-order valence-electron chi connectivity index (χ1n) is 4.76. The number of hydrogen-bond acceptors (Lipinski definition) is 4. The van der Waals surface area contributed by atoms with Crippen molar-refractivity contribution in [3.05, 3.63) is 29.3 Å². The standard InChI is InChI=1S/C11H13NO2S/c1-12(2)6-10-8-4-3-7(13)5-9(8)11(14)15-10/h3-5,10,13H,6H2,1-2H3/t10-/m0/s1. The van der Waals surface area contributed by atoms with Gasteiger partial charge >= 0.3 is 0 Å². The van der Waals surface area contributed by atoms with Crippen LogP contribution in [0.3, 0.4) is 0 Å². The van der Waals surface area contributed by atoms with E-state index in [9.17, 15) is 9.90 Å².